The van der Waals surface area contributed by atoms with E-state index in [1.807, 2.05) is 49.3 Å². The number of carbonyl (C=O) groups excluding carboxylic acids is 1. The third-order valence-electron chi connectivity index (χ3n) is 5.00. The van der Waals surface area contributed by atoms with Gasteiger partial charge in [-0.25, -0.2) is 0 Å². The molecule has 0 radical (unpaired) electrons. The van der Waals surface area contributed by atoms with E-state index in [1.165, 1.54) is 37.1 Å². The van der Waals surface area contributed by atoms with E-state index in [9.17, 15) is 4.79 Å². The average Bonchev–Trinajstić information content (AvgIpc) is 3.13. The summed E-state index contributed by atoms with van der Waals surface area (Å²) in [5, 5.41) is 3.11. The number of hydrogen-bond donors (Lipinski definition) is 1. The topological polar surface area (TPSA) is 35.6 Å². The molecule has 0 unspecified atom stereocenters. The summed E-state index contributed by atoms with van der Waals surface area (Å²) >= 11 is 0. The summed E-state index contributed by atoms with van der Waals surface area (Å²) in [7, 11) is 3.91. The Morgan fingerprint density at radius 1 is 1.04 bits per heavy atom. The van der Waals surface area contributed by atoms with Crippen LogP contribution in [0.25, 0.3) is 0 Å². The maximum atomic E-state index is 12.9. The number of benzene rings is 2. The first kappa shape index (κ1) is 18.6. The lowest BCUT2D eigenvalue weighted by Gasteiger charge is -2.24. The van der Waals surface area contributed by atoms with Gasteiger partial charge in [0.25, 0.3) is 0 Å². The van der Waals surface area contributed by atoms with Crippen LogP contribution in [-0.4, -0.2) is 48.9 Å². The van der Waals surface area contributed by atoms with Gasteiger partial charge in [-0.3, -0.25) is 14.6 Å². The summed E-state index contributed by atoms with van der Waals surface area (Å²) in [6, 6.07) is 18.2. The normalized spacial score (nSPS) is 16.0. The smallest absolute Gasteiger partial charge is 0.242 e. The molecule has 3 rings (SSSR count). The van der Waals surface area contributed by atoms with E-state index in [0.29, 0.717) is 6.42 Å². The Morgan fingerprint density at radius 2 is 1.73 bits per heavy atom. The molecule has 4 nitrogen and oxygen atoms in total. The predicted molar refractivity (Wildman–Crippen MR) is 107 cm³/mol. The first-order valence-electron chi connectivity index (χ1n) is 9.44. The van der Waals surface area contributed by atoms with Crippen LogP contribution in [0, 0.1) is 0 Å². The summed E-state index contributed by atoms with van der Waals surface area (Å²) in [4.78, 5) is 17.3. The second kappa shape index (κ2) is 8.97. The van der Waals surface area contributed by atoms with Gasteiger partial charge in [0.15, 0.2) is 0 Å². The molecule has 26 heavy (non-hydrogen) atoms. The molecule has 1 atom stereocenters. The molecular weight excluding hydrogens is 322 g/mol. The molecule has 2 aromatic rings. The van der Waals surface area contributed by atoms with Crippen LogP contribution in [0.5, 0.6) is 0 Å². The van der Waals surface area contributed by atoms with Crippen molar-refractivity contribution in [3.05, 3.63) is 65.7 Å². The van der Waals surface area contributed by atoms with Crippen molar-refractivity contribution in [3.8, 4) is 0 Å². The minimum atomic E-state index is -0.195. The van der Waals surface area contributed by atoms with Crippen molar-refractivity contribution in [2.45, 2.75) is 31.8 Å². The minimum absolute atomic E-state index is 0.0391. The summed E-state index contributed by atoms with van der Waals surface area (Å²) < 4.78 is 0. The summed E-state index contributed by atoms with van der Waals surface area (Å²) in [6.07, 6.45) is 3.29. The zero-order chi connectivity index (χ0) is 18.4. The first-order chi connectivity index (χ1) is 12.6. The van der Waals surface area contributed by atoms with Gasteiger partial charge in [-0.05, 0) is 69.7 Å². The van der Waals surface area contributed by atoms with Gasteiger partial charge >= 0.3 is 0 Å². The van der Waals surface area contributed by atoms with E-state index >= 15 is 0 Å². The Morgan fingerprint density at radius 3 is 2.42 bits per heavy atom. The Bertz CT molecular complexity index is 708. The fraction of sp³-hybridized carbons (Fsp3) is 0.409. The Balaban J connectivity index is 1.65. The number of likely N-dealkylation sites (tertiary alicyclic amines) is 1. The molecule has 1 heterocycles. The van der Waals surface area contributed by atoms with Crippen molar-refractivity contribution in [1.82, 2.24) is 9.80 Å². The number of rotatable bonds is 7. The lowest BCUT2D eigenvalue weighted by molar-refractivity contribution is -0.120. The van der Waals surface area contributed by atoms with Gasteiger partial charge in [0.05, 0.1) is 6.04 Å². The lowest BCUT2D eigenvalue weighted by atomic mass is 10.0. The predicted octanol–water partition coefficient (Wildman–Crippen LogP) is 3.39. The fourth-order valence-corrected chi connectivity index (χ4v) is 3.52. The molecule has 0 saturated carbocycles. The van der Waals surface area contributed by atoms with E-state index in [2.05, 4.69) is 34.5 Å². The monoisotopic (exact) mass is 351 g/mol. The van der Waals surface area contributed by atoms with E-state index in [-0.39, 0.29) is 11.9 Å². The number of nitrogens with one attached hydrogen (secondary N) is 1. The van der Waals surface area contributed by atoms with E-state index in [0.717, 1.165) is 12.2 Å². The SMILES string of the molecule is CN(C)[C@@H](Cc1ccccc1)C(=O)Nc1cccc(CN2CCCC2)c1. The molecule has 2 aromatic carbocycles. The van der Waals surface area contributed by atoms with E-state index in [1.54, 1.807) is 0 Å². The summed E-state index contributed by atoms with van der Waals surface area (Å²) in [5.74, 6) is 0.0391. The Labute approximate surface area is 156 Å². The highest BCUT2D eigenvalue weighted by Crippen LogP contribution is 2.17. The van der Waals surface area contributed by atoms with Gasteiger partial charge in [-0.1, -0.05) is 42.5 Å². The number of hydrogen-bond acceptors (Lipinski definition) is 3. The van der Waals surface area contributed by atoms with Crippen molar-refractivity contribution in [2.75, 3.05) is 32.5 Å². The third-order valence-corrected chi connectivity index (χ3v) is 5.00. The molecule has 1 N–H and O–H groups in total. The van der Waals surface area contributed by atoms with Crippen LogP contribution in [0.3, 0.4) is 0 Å². The van der Waals surface area contributed by atoms with Crippen molar-refractivity contribution in [1.29, 1.82) is 0 Å². The van der Waals surface area contributed by atoms with E-state index < -0.39 is 0 Å². The van der Waals surface area contributed by atoms with E-state index in [4.69, 9.17) is 0 Å². The molecule has 1 amide bonds. The maximum absolute atomic E-state index is 12.9. The highest BCUT2D eigenvalue weighted by Gasteiger charge is 2.21. The standard InChI is InChI=1S/C22H29N3O/c1-24(2)21(16-18-9-4-3-5-10-18)22(26)23-20-12-8-11-19(15-20)17-25-13-6-7-14-25/h3-5,8-12,15,21H,6-7,13-14,16-17H2,1-2H3,(H,23,26)/t21-/m0/s1. The molecule has 4 heteroatoms. The van der Waals surface area contributed by atoms with Gasteiger partial charge in [0.1, 0.15) is 0 Å². The van der Waals surface area contributed by atoms with Crippen molar-refractivity contribution in [3.63, 3.8) is 0 Å². The second-order valence-electron chi connectivity index (χ2n) is 7.34. The van der Waals surface area contributed by atoms with Crippen LogP contribution in [0.1, 0.15) is 24.0 Å². The van der Waals surface area contributed by atoms with Gasteiger partial charge < -0.3 is 5.32 Å². The molecule has 1 aliphatic rings. The van der Waals surface area contributed by atoms with Crippen molar-refractivity contribution < 1.29 is 4.79 Å². The number of anilines is 1. The highest BCUT2D eigenvalue weighted by atomic mass is 16.2. The number of likely N-dealkylation sites (N-methyl/N-ethyl adjacent to an activating group) is 1. The summed E-state index contributed by atoms with van der Waals surface area (Å²) in [5.41, 5.74) is 3.31. The van der Waals surface area contributed by atoms with Crippen molar-refractivity contribution in [2.24, 2.45) is 0 Å². The van der Waals surface area contributed by atoms with Gasteiger partial charge in [0.2, 0.25) is 5.91 Å². The van der Waals surface area contributed by atoms with Crippen LogP contribution >= 0.6 is 0 Å². The van der Waals surface area contributed by atoms with Gasteiger partial charge in [0, 0.05) is 12.2 Å². The minimum Gasteiger partial charge on any atom is -0.325 e. The molecule has 0 aromatic heterocycles. The molecule has 0 bridgehead atoms. The van der Waals surface area contributed by atoms with Crippen LogP contribution < -0.4 is 5.32 Å². The van der Waals surface area contributed by atoms with Crippen molar-refractivity contribution >= 4 is 11.6 Å². The molecule has 138 valence electrons. The highest BCUT2D eigenvalue weighted by molar-refractivity contribution is 5.95. The molecule has 1 aliphatic heterocycles. The number of carbonyl (C=O) groups is 1. The number of nitrogens with zero attached hydrogens (tertiary/aromatic N) is 2. The van der Waals surface area contributed by atoms with Crippen LogP contribution in [0.2, 0.25) is 0 Å². The quantitative estimate of drug-likeness (QED) is 0.830. The van der Waals surface area contributed by atoms with Gasteiger partial charge in [-0.15, -0.1) is 0 Å². The largest absolute Gasteiger partial charge is 0.325 e. The Kier molecular flexibility index (Phi) is 6.42. The van der Waals surface area contributed by atoms with Crippen LogP contribution in [-0.2, 0) is 17.8 Å². The third kappa shape index (κ3) is 5.16. The van der Waals surface area contributed by atoms with Gasteiger partial charge in [-0.2, -0.15) is 0 Å². The maximum Gasteiger partial charge on any atom is 0.242 e. The molecule has 0 spiro atoms. The molecule has 1 saturated heterocycles. The fourth-order valence-electron chi connectivity index (χ4n) is 3.52. The molecular formula is C22H29N3O. The first-order valence-corrected chi connectivity index (χ1v) is 9.44. The number of amides is 1. The zero-order valence-corrected chi connectivity index (χ0v) is 15.8. The zero-order valence-electron chi connectivity index (χ0n) is 15.8. The van der Waals surface area contributed by atoms with Crippen LogP contribution in [0.4, 0.5) is 5.69 Å². The molecule has 1 fully saturated rings. The average molecular weight is 351 g/mol. The Hall–Kier alpha value is -2.17. The molecule has 0 aliphatic carbocycles. The van der Waals surface area contributed by atoms with Crippen LogP contribution in [0.15, 0.2) is 54.6 Å². The lowest BCUT2D eigenvalue weighted by Crippen LogP contribution is -2.41. The summed E-state index contributed by atoms with van der Waals surface area (Å²) in [6.45, 7) is 3.32. The second-order valence-corrected chi connectivity index (χ2v) is 7.34.